The lowest BCUT2D eigenvalue weighted by molar-refractivity contribution is 0.0504. The van der Waals surface area contributed by atoms with E-state index in [4.69, 9.17) is 16.4 Å². The summed E-state index contributed by atoms with van der Waals surface area (Å²) in [5.41, 5.74) is 4.79. The Labute approximate surface area is 204 Å². The van der Waals surface area contributed by atoms with E-state index in [-0.39, 0.29) is 10.8 Å². The highest BCUT2D eigenvalue weighted by molar-refractivity contribution is 7.27. The third kappa shape index (κ3) is 4.31. The first kappa shape index (κ1) is 23.2. The van der Waals surface area contributed by atoms with Crippen LogP contribution < -0.4 is 21.1 Å². The molecule has 2 aromatic carbocycles. The van der Waals surface area contributed by atoms with Crippen LogP contribution in [0.5, 0.6) is 0 Å². The molecule has 3 heterocycles. The number of amidine groups is 1. The molecule has 0 bridgehead atoms. The number of pyridine rings is 1. The van der Waals surface area contributed by atoms with Crippen molar-refractivity contribution in [3.8, 4) is 0 Å². The topological polar surface area (TPSA) is 62.1 Å². The Bertz CT molecular complexity index is 1330. The maximum atomic E-state index is 15.3. The molecule has 2 aliphatic rings. The van der Waals surface area contributed by atoms with E-state index < -0.39 is 12.0 Å². The SMILES string of the molecule is CC1N=C(c2cn(Cc3c(P)cccc3Cl)c3cc(N4CCN(C)CC4)c(F)cc3c2=O)NO1. The van der Waals surface area contributed by atoms with Gasteiger partial charge in [0.1, 0.15) is 5.82 Å². The Hall–Kier alpha value is -2.51. The summed E-state index contributed by atoms with van der Waals surface area (Å²) < 4.78 is 17.3. The van der Waals surface area contributed by atoms with Gasteiger partial charge in [-0.25, -0.2) is 19.7 Å². The van der Waals surface area contributed by atoms with Crippen LogP contribution in [0.2, 0.25) is 5.02 Å². The fourth-order valence-electron chi connectivity index (χ4n) is 4.40. The van der Waals surface area contributed by atoms with E-state index in [1.165, 1.54) is 6.07 Å². The number of benzene rings is 2. The Morgan fingerprint density at radius 2 is 2.03 bits per heavy atom. The number of hydrogen-bond donors (Lipinski definition) is 1. The minimum atomic E-state index is -0.419. The number of aliphatic imine (C=N–C) groups is 1. The number of rotatable bonds is 4. The Morgan fingerprint density at radius 1 is 1.26 bits per heavy atom. The van der Waals surface area contributed by atoms with Crippen LogP contribution in [0.3, 0.4) is 0 Å². The number of nitrogens with zero attached hydrogens (tertiary/aromatic N) is 4. The number of halogens is 2. The molecule has 34 heavy (non-hydrogen) atoms. The molecule has 1 aromatic heterocycles. The lowest BCUT2D eigenvalue weighted by Gasteiger charge is -2.34. The van der Waals surface area contributed by atoms with Gasteiger partial charge in [0.2, 0.25) is 0 Å². The van der Waals surface area contributed by atoms with E-state index >= 15 is 4.39 Å². The zero-order chi connectivity index (χ0) is 24.0. The first-order valence-corrected chi connectivity index (χ1v) is 12.1. The molecule has 2 aliphatic heterocycles. The fraction of sp³-hybridized carbons (Fsp3) is 0.333. The number of likely N-dealkylation sites (N-methyl/N-ethyl adjacent to an activating group) is 1. The molecular weight excluding hydrogens is 476 g/mol. The van der Waals surface area contributed by atoms with E-state index in [0.29, 0.717) is 34.2 Å². The van der Waals surface area contributed by atoms with Crippen molar-refractivity contribution < 1.29 is 9.23 Å². The van der Waals surface area contributed by atoms with Gasteiger partial charge in [0.05, 0.1) is 16.8 Å². The second-order valence-electron chi connectivity index (χ2n) is 8.72. The molecular formula is C24H26ClFN5O2P. The van der Waals surface area contributed by atoms with Gasteiger partial charge in [0.25, 0.3) is 0 Å². The van der Waals surface area contributed by atoms with Crippen LogP contribution >= 0.6 is 20.8 Å². The van der Waals surface area contributed by atoms with E-state index in [1.807, 2.05) is 27.7 Å². The third-order valence-electron chi connectivity index (χ3n) is 6.37. The van der Waals surface area contributed by atoms with Gasteiger partial charge in [-0.05, 0) is 43.0 Å². The van der Waals surface area contributed by atoms with Crippen molar-refractivity contribution in [2.24, 2.45) is 4.99 Å². The summed E-state index contributed by atoms with van der Waals surface area (Å²) in [6.45, 7) is 5.31. The highest BCUT2D eigenvalue weighted by Gasteiger charge is 2.24. The van der Waals surface area contributed by atoms with Crippen LogP contribution in [0.15, 0.2) is 46.3 Å². The average molecular weight is 502 g/mol. The zero-order valence-corrected chi connectivity index (χ0v) is 20.9. The summed E-state index contributed by atoms with van der Waals surface area (Å²) in [6.07, 6.45) is 1.33. The molecule has 178 valence electrons. The number of nitrogens with one attached hydrogen (secondary N) is 1. The molecule has 0 saturated carbocycles. The molecule has 0 spiro atoms. The molecule has 2 atom stereocenters. The summed E-state index contributed by atoms with van der Waals surface area (Å²) in [5.74, 6) is -0.0739. The third-order valence-corrected chi connectivity index (χ3v) is 7.26. The first-order valence-electron chi connectivity index (χ1n) is 11.1. The van der Waals surface area contributed by atoms with Crippen molar-refractivity contribution in [2.75, 3.05) is 38.1 Å². The van der Waals surface area contributed by atoms with Gasteiger partial charge in [-0.1, -0.05) is 23.7 Å². The van der Waals surface area contributed by atoms with Crippen molar-refractivity contribution in [1.82, 2.24) is 14.9 Å². The Morgan fingerprint density at radius 3 is 2.71 bits per heavy atom. The molecule has 0 aliphatic carbocycles. The minimum absolute atomic E-state index is 0.286. The summed E-state index contributed by atoms with van der Waals surface area (Å²) in [6, 6.07) is 8.82. The van der Waals surface area contributed by atoms with Crippen LogP contribution in [0, 0.1) is 5.82 Å². The lowest BCUT2D eigenvalue weighted by atomic mass is 10.1. The Kier molecular flexibility index (Phi) is 6.34. The van der Waals surface area contributed by atoms with Crippen molar-refractivity contribution in [3.05, 3.63) is 68.7 Å². The summed E-state index contributed by atoms with van der Waals surface area (Å²) in [7, 11) is 4.76. The van der Waals surface area contributed by atoms with Gasteiger partial charge in [-0.3, -0.25) is 4.79 Å². The highest BCUT2D eigenvalue weighted by Crippen LogP contribution is 2.28. The van der Waals surface area contributed by atoms with Crippen LogP contribution in [-0.4, -0.2) is 54.8 Å². The van der Waals surface area contributed by atoms with Gasteiger partial charge in [-0.2, -0.15) is 0 Å². The second kappa shape index (κ2) is 9.27. The maximum Gasteiger partial charge on any atom is 0.200 e. The smallest absolute Gasteiger partial charge is 0.200 e. The number of piperazine rings is 1. The molecule has 7 nitrogen and oxygen atoms in total. The van der Waals surface area contributed by atoms with Crippen LogP contribution in [0.4, 0.5) is 10.1 Å². The molecule has 0 radical (unpaired) electrons. The van der Waals surface area contributed by atoms with E-state index in [9.17, 15) is 4.79 Å². The fourth-order valence-corrected chi connectivity index (χ4v) is 5.09. The van der Waals surface area contributed by atoms with Crippen LogP contribution in [-0.2, 0) is 11.4 Å². The van der Waals surface area contributed by atoms with Gasteiger partial charge in [-0.15, -0.1) is 9.24 Å². The monoisotopic (exact) mass is 501 g/mol. The minimum Gasteiger partial charge on any atom is -0.367 e. The number of hydrogen-bond acceptors (Lipinski definition) is 6. The normalized spacial score (nSPS) is 18.9. The molecule has 10 heteroatoms. The van der Waals surface area contributed by atoms with Crippen molar-refractivity contribution in [1.29, 1.82) is 0 Å². The van der Waals surface area contributed by atoms with Crippen LogP contribution in [0.25, 0.3) is 10.9 Å². The maximum absolute atomic E-state index is 15.3. The summed E-state index contributed by atoms with van der Waals surface area (Å²) >= 11 is 6.52. The second-order valence-corrected chi connectivity index (χ2v) is 9.74. The van der Waals surface area contributed by atoms with E-state index in [0.717, 1.165) is 37.0 Å². The van der Waals surface area contributed by atoms with Crippen molar-refractivity contribution >= 4 is 48.6 Å². The first-order chi connectivity index (χ1) is 16.3. The summed E-state index contributed by atoms with van der Waals surface area (Å²) in [5, 5.41) is 1.86. The van der Waals surface area contributed by atoms with E-state index in [2.05, 4.69) is 31.7 Å². The average Bonchev–Trinajstić information content (AvgIpc) is 3.24. The molecule has 2 unspecified atom stereocenters. The number of fused-ring (bicyclic) bond motifs is 1. The van der Waals surface area contributed by atoms with Gasteiger partial charge in [0, 0.05) is 49.3 Å². The largest absolute Gasteiger partial charge is 0.367 e. The molecule has 1 saturated heterocycles. The van der Waals surface area contributed by atoms with Crippen molar-refractivity contribution in [2.45, 2.75) is 19.7 Å². The standard InChI is InChI=1S/C24H26ClFN5O2P/c1-14-27-24(28-33-14)17-13-31(12-16-18(25)4-3-5-22(16)34)20-11-21(19(26)10-15(20)23(17)32)30-8-6-29(2)7-9-30/h3-5,10-11,13-14H,6-9,12,34H2,1-2H3,(H,27,28). The van der Waals surface area contributed by atoms with Gasteiger partial charge < -0.3 is 14.4 Å². The molecule has 1 N–H and O–H groups in total. The predicted octanol–water partition coefficient (Wildman–Crippen LogP) is 2.72. The Balaban J connectivity index is 1.70. The van der Waals surface area contributed by atoms with Gasteiger partial charge >= 0.3 is 0 Å². The number of aromatic nitrogens is 1. The van der Waals surface area contributed by atoms with Crippen LogP contribution in [0.1, 0.15) is 18.1 Å². The quantitative estimate of drug-likeness (QED) is 0.557. The molecule has 0 amide bonds. The number of anilines is 1. The van der Waals surface area contributed by atoms with Crippen molar-refractivity contribution in [3.63, 3.8) is 0 Å². The molecule has 3 aromatic rings. The zero-order valence-electron chi connectivity index (χ0n) is 19.0. The predicted molar refractivity (Wildman–Crippen MR) is 138 cm³/mol. The van der Waals surface area contributed by atoms with Gasteiger partial charge in [0.15, 0.2) is 17.5 Å². The number of hydroxylamine groups is 1. The molecule has 5 rings (SSSR count). The highest BCUT2D eigenvalue weighted by atomic mass is 35.5. The lowest BCUT2D eigenvalue weighted by Crippen LogP contribution is -2.44. The van der Waals surface area contributed by atoms with E-state index in [1.54, 1.807) is 19.2 Å². The molecule has 1 fully saturated rings. The summed E-state index contributed by atoms with van der Waals surface area (Å²) in [4.78, 5) is 27.4.